The normalized spacial score (nSPS) is 15.8. The van der Waals surface area contributed by atoms with Crippen LogP contribution in [0.15, 0.2) is 0 Å². The number of ether oxygens (including phenoxy) is 3. The predicted octanol–water partition coefficient (Wildman–Crippen LogP) is 6.03. The van der Waals surface area contributed by atoms with E-state index in [1.54, 1.807) is 27.7 Å². The van der Waals surface area contributed by atoms with Gasteiger partial charge in [0.05, 0.1) is 18.3 Å². The van der Waals surface area contributed by atoms with Crippen LogP contribution in [0, 0.1) is 0 Å². The van der Waals surface area contributed by atoms with E-state index in [9.17, 15) is 43.9 Å². The Kier molecular flexibility index (Phi) is 10.1. The summed E-state index contributed by atoms with van der Waals surface area (Å²) < 4.78 is 140. The summed E-state index contributed by atoms with van der Waals surface area (Å²) in [7, 11) is 0. The highest BCUT2D eigenvalue weighted by Crippen LogP contribution is 2.49. The van der Waals surface area contributed by atoms with Gasteiger partial charge in [-0.05, 0) is 34.1 Å². The van der Waals surface area contributed by atoms with Crippen molar-refractivity contribution < 1.29 is 58.1 Å². The average molecular weight is 472 g/mol. The first kappa shape index (κ1) is 28.5. The van der Waals surface area contributed by atoms with Crippen molar-refractivity contribution in [1.29, 1.82) is 0 Å². The van der Waals surface area contributed by atoms with E-state index in [0.717, 1.165) is 0 Å². The molecule has 0 aromatic rings. The maximum atomic E-state index is 13.5. The molecule has 14 heteroatoms. The third-order valence-electron chi connectivity index (χ3n) is 3.26. The Hall–Kier alpha value is -0.470. The summed E-state index contributed by atoms with van der Waals surface area (Å²) >= 11 is -0.634. The van der Waals surface area contributed by atoms with Gasteiger partial charge in [-0.2, -0.15) is 39.5 Å². The van der Waals surface area contributed by atoms with Crippen LogP contribution >= 0.6 is 11.8 Å². The Labute approximate surface area is 165 Å². The van der Waals surface area contributed by atoms with Gasteiger partial charge >= 0.3 is 23.5 Å². The molecule has 0 rings (SSSR count). The average Bonchev–Trinajstić information content (AvgIpc) is 2.49. The first-order chi connectivity index (χ1) is 12.8. The molecule has 29 heavy (non-hydrogen) atoms. The zero-order valence-electron chi connectivity index (χ0n) is 15.9. The molecule has 0 spiro atoms. The van der Waals surface area contributed by atoms with Crippen LogP contribution < -0.4 is 0 Å². The minimum Gasteiger partial charge on any atom is -0.379 e. The lowest BCUT2D eigenvalue weighted by Crippen LogP contribution is -2.55. The molecule has 0 N–H and O–H groups in total. The van der Waals surface area contributed by atoms with Gasteiger partial charge in [0, 0.05) is 12.4 Å². The molecule has 0 aromatic carbocycles. The molecule has 0 bridgehead atoms. The number of hydrogen-bond acceptors (Lipinski definition) is 4. The molecule has 0 saturated heterocycles. The monoisotopic (exact) mass is 472 g/mol. The molecule has 0 heterocycles. The van der Waals surface area contributed by atoms with E-state index in [-0.39, 0.29) is 12.7 Å². The van der Waals surface area contributed by atoms with E-state index >= 15 is 0 Å². The van der Waals surface area contributed by atoms with E-state index in [0.29, 0.717) is 6.42 Å². The maximum absolute atomic E-state index is 13.5. The van der Waals surface area contributed by atoms with Crippen molar-refractivity contribution in [3.8, 4) is 0 Å². The highest BCUT2D eigenvalue weighted by atomic mass is 32.2. The van der Waals surface area contributed by atoms with E-state index in [2.05, 4.69) is 4.74 Å². The van der Waals surface area contributed by atoms with Crippen molar-refractivity contribution in [3.63, 3.8) is 0 Å². The molecule has 0 fully saturated rings. The van der Waals surface area contributed by atoms with E-state index in [1.165, 1.54) is 0 Å². The largest absolute Gasteiger partial charge is 0.462 e. The third-order valence-corrected chi connectivity index (χ3v) is 4.20. The Morgan fingerprint density at radius 2 is 1.38 bits per heavy atom. The molecule has 1 atom stereocenters. The molecule has 3 nitrogen and oxygen atoms in total. The molecule has 0 amide bonds. The number of halogens is 10. The van der Waals surface area contributed by atoms with Crippen molar-refractivity contribution >= 4 is 11.8 Å². The maximum Gasteiger partial charge on any atom is 0.462 e. The van der Waals surface area contributed by atoms with Crippen LogP contribution in [0.1, 0.15) is 34.1 Å². The van der Waals surface area contributed by atoms with Crippen LogP contribution in [0.2, 0.25) is 0 Å². The Bertz CT molecular complexity index is 497. The Morgan fingerprint density at radius 3 is 1.83 bits per heavy atom. The molecule has 0 radical (unpaired) electrons. The fourth-order valence-corrected chi connectivity index (χ4v) is 2.23. The van der Waals surface area contributed by atoms with Crippen LogP contribution in [0.5, 0.6) is 0 Å². The summed E-state index contributed by atoms with van der Waals surface area (Å²) in [6.07, 6.45) is -17.5. The molecule has 0 saturated carbocycles. The summed E-state index contributed by atoms with van der Waals surface area (Å²) in [5, 5.41) is -4.83. The number of thioether (sulfide) groups is 1. The minimum absolute atomic E-state index is 0.0515. The zero-order valence-corrected chi connectivity index (χ0v) is 16.7. The van der Waals surface area contributed by atoms with Gasteiger partial charge in [0.25, 0.3) is 6.36 Å². The molecular formula is C15H22F10O3S. The third kappa shape index (κ3) is 9.05. The van der Waals surface area contributed by atoms with Crippen LogP contribution in [0.4, 0.5) is 43.9 Å². The summed E-state index contributed by atoms with van der Waals surface area (Å²) in [5.74, 6) is -7.55. The standard InChI is InChI=1S/C15H22F10O3S/c1-9(2)26-6-5-11(3,4)27-7-8-29-12(17,18)10(16)28-15(24,25)13(19,20)14(21,22)23/h9-10H,5-8H2,1-4H3. The molecule has 1 unspecified atom stereocenters. The lowest BCUT2D eigenvalue weighted by molar-refractivity contribution is -0.446. The molecule has 176 valence electrons. The number of hydrogen-bond donors (Lipinski definition) is 0. The summed E-state index contributed by atoms with van der Waals surface area (Å²) in [6.45, 7) is 6.64. The number of rotatable bonds is 13. The van der Waals surface area contributed by atoms with Crippen LogP contribution in [-0.2, 0) is 14.2 Å². The van der Waals surface area contributed by atoms with Gasteiger partial charge in [-0.1, -0.05) is 11.8 Å². The van der Waals surface area contributed by atoms with Crippen molar-refractivity contribution in [2.24, 2.45) is 0 Å². The van der Waals surface area contributed by atoms with Crippen LogP contribution in [0.25, 0.3) is 0 Å². The lowest BCUT2D eigenvalue weighted by Gasteiger charge is -2.30. The Morgan fingerprint density at radius 1 is 0.862 bits per heavy atom. The summed E-state index contributed by atoms with van der Waals surface area (Å²) in [5.41, 5.74) is -0.835. The van der Waals surface area contributed by atoms with Crippen molar-refractivity contribution in [2.45, 2.75) is 75.6 Å². The van der Waals surface area contributed by atoms with Gasteiger partial charge in [0.2, 0.25) is 0 Å². The second-order valence-electron chi connectivity index (χ2n) is 6.71. The van der Waals surface area contributed by atoms with E-state index in [4.69, 9.17) is 9.47 Å². The zero-order chi connectivity index (χ0) is 23.3. The fraction of sp³-hybridized carbons (Fsp3) is 1.00. The van der Waals surface area contributed by atoms with Gasteiger partial charge in [-0.15, -0.1) is 0 Å². The smallest absolute Gasteiger partial charge is 0.379 e. The van der Waals surface area contributed by atoms with Crippen molar-refractivity contribution in [3.05, 3.63) is 0 Å². The van der Waals surface area contributed by atoms with Crippen LogP contribution in [0.3, 0.4) is 0 Å². The summed E-state index contributed by atoms with van der Waals surface area (Å²) in [4.78, 5) is 0. The fourth-order valence-electron chi connectivity index (χ4n) is 1.61. The molecule has 0 aromatic heterocycles. The minimum atomic E-state index is -6.86. The lowest BCUT2D eigenvalue weighted by atomic mass is 10.1. The first-order valence-electron chi connectivity index (χ1n) is 8.17. The van der Waals surface area contributed by atoms with E-state index in [1.807, 2.05) is 0 Å². The van der Waals surface area contributed by atoms with Crippen molar-refractivity contribution in [1.82, 2.24) is 0 Å². The SMILES string of the molecule is CC(C)OCCC(C)(C)OCCSC(F)(F)C(F)OC(F)(F)C(F)(F)C(F)(F)F. The van der Waals surface area contributed by atoms with Crippen LogP contribution in [-0.4, -0.2) is 60.5 Å². The highest BCUT2D eigenvalue weighted by molar-refractivity contribution is 8.00. The van der Waals surface area contributed by atoms with Gasteiger partial charge in [-0.3, -0.25) is 4.74 Å². The second-order valence-corrected chi connectivity index (χ2v) is 7.95. The highest BCUT2D eigenvalue weighted by Gasteiger charge is 2.75. The van der Waals surface area contributed by atoms with Crippen molar-refractivity contribution in [2.75, 3.05) is 19.0 Å². The van der Waals surface area contributed by atoms with Gasteiger partial charge < -0.3 is 9.47 Å². The van der Waals surface area contributed by atoms with Gasteiger partial charge in [-0.25, -0.2) is 4.39 Å². The topological polar surface area (TPSA) is 27.7 Å². The molecule has 0 aliphatic heterocycles. The second kappa shape index (κ2) is 10.2. The molecular weight excluding hydrogens is 450 g/mol. The summed E-state index contributed by atoms with van der Waals surface area (Å²) in [6, 6.07) is 0. The molecule has 0 aliphatic carbocycles. The predicted molar refractivity (Wildman–Crippen MR) is 85.1 cm³/mol. The molecule has 0 aliphatic rings. The van der Waals surface area contributed by atoms with E-state index < -0.39 is 59.5 Å². The van der Waals surface area contributed by atoms with Gasteiger partial charge in [0.15, 0.2) is 0 Å². The quantitative estimate of drug-likeness (QED) is 0.242. The first-order valence-corrected chi connectivity index (χ1v) is 9.15. The Balaban J connectivity index is 4.64. The van der Waals surface area contributed by atoms with Gasteiger partial charge in [0.1, 0.15) is 0 Å². The number of alkyl halides is 10.